The fraction of sp³-hybridized carbons (Fsp3) is 0.762. The molecule has 528 valence electrons. The predicted octanol–water partition coefficient (Wildman–Crippen LogP) is 27.2. The average molecular weight is 1450 g/mol. The topological polar surface area (TPSA) is 114 Å². The molecule has 93 heavy (non-hydrogen) atoms. The van der Waals surface area contributed by atoms with Crippen molar-refractivity contribution in [1.82, 2.24) is 0 Å². The van der Waals surface area contributed by atoms with Gasteiger partial charge in [-0.1, -0.05) is 398 Å². The summed E-state index contributed by atoms with van der Waals surface area (Å²) >= 11 is 0. The number of unbranched alkanes of at least 4 members (excludes halogenated alkanes) is 52. The third-order valence-corrected chi connectivity index (χ3v) is 21.8. The Kier molecular flexibility index (Phi) is 56.4. The molecule has 4 aromatic rings. The van der Waals surface area contributed by atoms with Crippen molar-refractivity contribution in [2.75, 3.05) is 0 Å². The van der Waals surface area contributed by atoms with E-state index in [1.807, 2.05) is 24.3 Å². The maximum atomic E-state index is 11.7. The van der Waals surface area contributed by atoms with Crippen LogP contribution in [0.25, 0.3) is 21.5 Å². The van der Waals surface area contributed by atoms with E-state index in [1.165, 1.54) is 394 Å². The third-order valence-electron chi connectivity index (χ3n) is 20.1. The molecule has 0 amide bonds. The van der Waals surface area contributed by atoms with Crippen LogP contribution in [0.5, 0.6) is 0 Å². The van der Waals surface area contributed by atoms with E-state index in [4.69, 9.17) is 0 Å². The van der Waals surface area contributed by atoms with Crippen molar-refractivity contribution in [1.29, 1.82) is 0 Å². The van der Waals surface area contributed by atoms with E-state index in [0.29, 0.717) is 0 Å². The summed E-state index contributed by atoms with van der Waals surface area (Å²) in [4.78, 5) is -0.246. The molecule has 0 N–H and O–H groups in total. The first-order valence-corrected chi connectivity index (χ1v) is 42.8. The molecule has 0 aliphatic rings. The Morgan fingerprint density at radius 2 is 0.419 bits per heavy atom. The monoisotopic (exact) mass is 1450 g/mol. The quantitative estimate of drug-likeness (QED) is 0.0247. The smallest absolute Gasteiger partial charge is 0.744 e. The summed E-state index contributed by atoms with van der Waals surface area (Å²) < 4.78 is 69.9. The minimum Gasteiger partial charge on any atom is -0.744 e. The molecule has 0 saturated heterocycles. The molecule has 0 aliphatic heterocycles. The Labute approximate surface area is 616 Å². The van der Waals surface area contributed by atoms with Crippen LogP contribution >= 0.6 is 0 Å². The molecule has 6 nitrogen and oxygen atoms in total. The average Bonchev–Trinajstić information content (AvgIpc) is 0.845. The number of benzene rings is 4. The standard InChI is InChI=1S/2C42H72O3S.Ba/c2*1-3-5-7-9-11-13-15-17-19-21-23-25-27-29-31-38-33-34-39-37-40(46(43,44)45)35-36-42(39)41(38)32-30-28-26-24-22-20-18-16-14-12-10-8-6-4-2;/h2*33-37H,3-32H2,1-2H3,(H,43,44,45);/q;;+2/p-2. The van der Waals surface area contributed by atoms with E-state index in [-0.39, 0.29) is 58.7 Å². The second kappa shape index (κ2) is 59.6. The van der Waals surface area contributed by atoms with Crippen LogP contribution in [0.4, 0.5) is 0 Å². The normalized spacial score (nSPS) is 11.8. The van der Waals surface area contributed by atoms with Gasteiger partial charge in [0.2, 0.25) is 0 Å². The second-order valence-electron chi connectivity index (χ2n) is 28.5. The molecule has 0 unspecified atom stereocenters. The molecule has 4 rings (SSSR count). The van der Waals surface area contributed by atoms with E-state index >= 15 is 0 Å². The molecular formula is C84H142BaO6S2. The van der Waals surface area contributed by atoms with Gasteiger partial charge in [0.05, 0.1) is 9.79 Å². The summed E-state index contributed by atoms with van der Waals surface area (Å²) in [7, 11) is -8.89. The van der Waals surface area contributed by atoms with Crippen LogP contribution in [-0.2, 0) is 45.9 Å². The van der Waals surface area contributed by atoms with Gasteiger partial charge in [-0.05, 0) is 119 Å². The molecule has 0 radical (unpaired) electrons. The molecule has 0 fully saturated rings. The van der Waals surface area contributed by atoms with Crippen LogP contribution in [0, 0.1) is 0 Å². The third kappa shape index (κ3) is 44.5. The Hall–Kier alpha value is -1.21. The number of aryl methyl sites for hydroxylation is 4. The molecule has 0 spiro atoms. The van der Waals surface area contributed by atoms with Crippen molar-refractivity contribution in [3.05, 3.63) is 82.9 Å². The second-order valence-corrected chi connectivity index (χ2v) is 31.2. The fourth-order valence-electron chi connectivity index (χ4n) is 14.2. The van der Waals surface area contributed by atoms with E-state index in [9.17, 15) is 25.9 Å². The number of fused-ring (bicyclic) bond motifs is 2. The van der Waals surface area contributed by atoms with E-state index in [1.54, 1.807) is 12.1 Å². The molecule has 0 atom stereocenters. The van der Waals surface area contributed by atoms with Crippen molar-refractivity contribution in [3.63, 3.8) is 0 Å². The minimum absolute atomic E-state index is 0. The van der Waals surface area contributed by atoms with Gasteiger partial charge in [-0.25, -0.2) is 16.8 Å². The minimum atomic E-state index is -4.45. The Morgan fingerprint density at radius 1 is 0.237 bits per heavy atom. The summed E-state index contributed by atoms with van der Waals surface area (Å²) in [5, 5.41) is 4.01. The SMILES string of the molecule is CCCCCCCCCCCCCCCCc1ccc2cc(S(=O)(=O)[O-])ccc2c1CCCCCCCCCCCCCCCC.CCCCCCCCCCCCCCCCc1ccc2cc(S(=O)(=O)[O-])ccc2c1CCCCCCCCCCCCCCCC.[Ba+2]. The predicted molar refractivity (Wildman–Crippen MR) is 406 cm³/mol. The molecular weight excluding hydrogens is 1310 g/mol. The fourth-order valence-corrected chi connectivity index (χ4v) is 15.2. The van der Waals surface area contributed by atoms with Crippen LogP contribution in [0.1, 0.15) is 410 Å². The maximum absolute atomic E-state index is 11.7. The molecule has 0 saturated carbocycles. The molecule has 0 aromatic heterocycles. The van der Waals surface area contributed by atoms with Gasteiger partial charge in [0, 0.05) is 0 Å². The van der Waals surface area contributed by atoms with Crippen LogP contribution in [0.3, 0.4) is 0 Å². The van der Waals surface area contributed by atoms with E-state index in [2.05, 4.69) is 39.8 Å². The van der Waals surface area contributed by atoms with Crippen LogP contribution in [0.15, 0.2) is 70.5 Å². The summed E-state index contributed by atoms with van der Waals surface area (Å²) in [5.74, 6) is 0. The summed E-state index contributed by atoms with van der Waals surface area (Å²) in [6, 6.07) is 18.4. The Morgan fingerprint density at radius 3 is 0.613 bits per heavy atom. The van der Waals surface area contributed by atoms with Crippen LogP contribution < -0.4 is 0 Å². The van der Waals surface area contributed by atoms with E-state index in [0.717, 1.165) is 47.2 Å². The van der Waals surface area contributed by atoms with Gasteiger partial charge in [0.25, 0.3) is 0 Å². The van der Waals surface area contributed by atoms with Gasteiger partial charge in [0.1, 0.15) is 20.2 Å². The van der Waals surface area contributed by atoms with Gasteiger partial charge in [-0.3, -0.25) is 0 Å². The largest absolute Gasteiger partial charge is 2.00 e. The number of rotatable bonds is 62. The molecule has 9 heteroatoms. The van der Waals surface area contributed by atoms with Gasteiger partial charge in [-0.2, -0.15) is 0 Å². The zero-order valence-corrected chi connectivity index (χ0v) is 67.2. The van der Waals surface area contributed by atoms with Crippen molar-refractivity contribution < 1.29 is 25.9 Å². The Bertz CT molecular complexity index is 2430. The van der Waals surface area contributed by atoms with Gasteiger partial charge >= 0.3 is 48.9 Å². The van der Waals surface area contributed by atoms with E-state index < -0.39 is 20.2 Å². The van der Waals surface area contributed by atoms with Crippen molar-refractivity contribution in [2.24, 2.45) is 0 Å². The van der Waals surface area contributed by atoms with Crippen molar-refractivity contribution in [2.45, 2.75) is 423 Å². The zero-order chi connectivity index (χ0) is 66.3. The molecule has 0 heterocycles. The first-order chi connectivity index (χ1) is 44.9. The van der Waals surface area contributed by atoms with Gasteiger partial charge in [-0.15, -0.1) is 0 Å². The van der Waals surface area contributed by atoms with Crippen molar-refractivity contribution in [3.8, 4) is 0 Å². The first kappa shape index (κ1) is 87.9. The summed E-state index contributed by atoms with van der Waals surface area (Å²) in [6.45, 7) is 9.14. The van der Waals surface area contributed by atoms with Crippen molar-refractivity contribution >= 4 is 90.7 Å². The molecule has 4 aromatic carbocycles. The number of hydrogen-bond donors (Lipinski definition) is 0. The maximum Gasteiger partial charge on any atom is 2.00 e. The summed E-state index contributed by atoms with van der Waals surface area (Å²) in [6.07, 6.45) is 80.6. The molecule has 0 aliphatic carbocycles. The number of hydrogen-bond acceptors (Lipinski definition) is 6. The van der Waals surface area contributed by atoms with Crippen LogP contribution in [-0.4, -0.2) is 74.8 Å². The zero-order valence-electron chi connectivity index (χ0n) is 61.2. The first-order valence-electron chi connectivity index (χ1n) is 39.9. The van der Waals surface area contributed by atoms with Gasteiger partial charge in [0.15, 0.2) is 0 Å². The van der Waals surface area contributed by atoms with Crippen LogP contribution in [0.2, 0.25) is 0 Å². The molecule has 0 bridgehead atoms. The Balaban J connectivity index is 0.000000627. The van der Waals surface area contributed by atoms with Gasteiger partial charge < -0.3 is 9.11 Å². The summed E-state index contributed by atoms with van der Waals surface area (Å²) in [5.41, 5.74) is 5.58.